The lowest BCUT2D eigenvalue weighted by Gasteiger charge is -2.23. The number of fused-ring (bicyclic) bond motifs is 2. The van der Waals surface area contributed by atoms with Gasteiger partial charge in [-0.25, -0.2) is 0 Å². The van der Waals surface area contributed by atoms with Crippen LogP contribution in [0.25, 0.3) is 6.08 Å². The van der Waals surface area contributed by atoms with Crippen LogP contribution in [-0.2, 0) is 10.1 Å². The molecular weight excluding hydrogens is 404 g/mol. The van der Waals surface area contributed by atoms with Crippen LogP contribution in [0.15, 0.2) is 66.1 Å². The third kappa shape index (κ3) is 3.08. The second-order valence-electron chi connectivity index (χ2n) is 6.72. The Kier molecular flexibility index (Phi) is 4.53. The zero-order chi connectivity index (χ0) is 21.6. The van der Waals surface area contributed by atoms with Gasteiger partial charge < -0.3 is 11.1 Å². The molecule has 0 saturated carbocycles. The molecule has 3 aromatic carbocycles. The SMILES string of the molecule is C=Cc1ccc(Nc2cc(S(=O)(=O)O)c(N)c3c2C(=O)c2ccccc2C3=O)cc1. The Balaban J connectivity index is 1.99. The first kappa shape index (κ1) is 19.6. The summed E-state index contributed by atoms with van der Waals surface area (Å²) in [5, 5.41) is 2.97. The number of ketones is 2. The molecule has 4 N–H and O–H groups in total. The first-order valence-electron chi connectivity index (χ1n) is 8.84. The summed E-state index contributed by atoms with van der Waals surface area (Å²) in [6, 6.07) is 14.2. The average molecular weight is 420 g/mol. The van der Waals surface area contributed by atoms with Crippen molar-refractivity contribution in [1.29, 1.82) is 0 Å². The van der Waals surface area contributed by atoms with Gasteiger partial charge in [0.05, 0.1) is 22.5 Å². The molecular formula is C22H16N2O5S. The Morgan fingerprint density at radius 3 is 2.03 bits per heavy atom. The molecule has 30 heavy (non-hydrogen) atoms. The van der Waals surface area contributed by atoms with Crippen molar-refractivity contribution in [2.24, 2.45) is 0 Å². The molecule has 0 aliphatic heterocycles. The molecule has 150 valence electrons. The van der Waals surface area contributed by atoms with Crippen LogP contribution in [0, 0.1) is 0 Å². The van der Waals surface area contributed by atoms with Gasteiger partial charge in [0.2, 0.25) is 0 Å². The van der Waals surface area contributed by atoms with E-state index in [1.165, 1.54) is 12.1 Å². The van der Waals surface area contributed by atoms with Crippen LogP contribution in [0.1, 0.15) is 37.4 Å². The summed E-state index contributed by atoms with van der Waals surface area (Å²) in [6.45, 7) is 3.68. The molecule has 0 amide bonds. The third-order valence-corrected chi connectivity index (χ3v) is 5.80. The summed E-state index contributed by atoms with van der Waals surface area (Å²) in [5.74, 6) is -1.06. The van der Waals surface area contributed by atoms with E-state index in [4.69, 9.17) is 5.73 Å². The van der Waals surface area contributed by atoms with Gasteiger partial charge in [-0.05, 0) is 23.8 Å². The van der Waals surface area contributed by atoms with Crippen molar-refractivity contribution < 1.29 is 22.6 Å². The normalized spacial score (nSPS) is 12.8. The molecule has 0 unspecified atom stereocenters. The molecule has 4 rings (SSSR count). The summed E-state index contributed by atoms with van der Waals surface area (Å²) in [7, 11) is -4.75. The summed E-state index contributed by atoms with van der Waals surface area (Å²) in [6.07, 6.45) is 1.66. The Bertz CT molecular complexity index is 1340. The summed E-state index contributed by atoms with van der Waals surface area (Å²) in [5.41, 5.74) is 6.95. The quantitative estimate of drug-likeness (QED) is 0.339. The Hall–Kier alpha value is -3.75. The van der Waals surface area contributed by atoms with Crippen molar-refractivity contribution in [2.45, 2.75) is 4.90 Å². The highest BCUT2D eigenvalue weighted by Crippen LogP contribution is 2.40. The van der Waals surface area contributed by atoms with Gasteiger partial charge in [-0.1, -0.05) is 49.1 Å². The summed E-state index contributed by atoms with van der Waals surface area (Å²) < 4.78 is 33.4. The molecule has 1 aliphatic rings. The van der Waals surface area contributed by atoms with E-state index in [0.29, 0.717) is 5.69 Å². The molecule has 3 aromatic rings. The fraction of sp³-hybridized carbons (Fsp3) is 0. The van der Waals surface area contributed by atoms with Crippen molar-refractivity contribution in [3.63, 3.8) is 0 Å². The summed E-state index contributed by atoms with van der Waals surface area (Å²) in [4.78, 5) is 25.7. The van der Waals surface area contributed by atoms with E-state index in [2.05, 4.69) is 11.9 Å². The van der Waals surface area contributed by atoms with Crippen molar-refractivity contribution >= 4 is 44.8 Å². The molecule has 0 spiro atoms. The lowest BCUT2D eigenvalue weighted by molar-refractivity contribution is 0.0980. The van der Waals surface area contributed by atoms with Crippen LogP contribution >= 0.6 is 0 Å². The monoisotopic (exact) mass is 420 g/mol. The first-order valence-corrected chi connectivity index (χ1v) is 10.3. The van der Waals surface area contributed by atoms with Gasteiger partial charge in [0, 0.05) is 16.8 Å². The predicted octanol–water partition coefficient (Wildman–Crippen LogP) is 3.68. The van der Waals surface area contributed by atoms with Crippen LogP contribution in [-0.4, -0.2) is 24.5 Å². The van der Waals surface area contributed by atoms with Gasteiger partial charge in [-0.2, -0.15) is 8.42 Å². The van der Waals surface area contributed by atoms with E-state index in [9.17, 15) is 22.6 Å². The topological polar surface area (TPSA) is 127 Å². The number of hydrogen-bond donors (Lipinski definition) is 3. The van der Waals surface area contributed by atoms with E-state index in [-0.39, 0.29) is 27.9 Å². The highest BCUT2D eigenvalue weighted by Gasteiger charge is 2.36. The maximum absolute atomic E-state index is 13.2. The van der Waals surface area contributed by atoms with Crippen LogP contribution in [0.2, 0.25) is 0 Å². The van der Waals surface area contributed by atoms with Crippen molar-refractivity contribution in [1.82, 2.24) is 0 Å². The molecule has 0 aromatic heterocycles. The van der Waals surface area contributed by atoms with E-state index >= 15 is 0 Å². The van der Waals surface area contributed by atoms with E-state index in [1.54, 1.807) is 42.5 Å². The highest BCUT2D eigenvalue weighted by atomic mass is 32.2. The first-order chi connectivity index (χ1) is 14.2. The average Bonchev–Trinajstić information content (AvgIpc) is 2.72. The Morgan fingerprint density at radius 2 is 1.50 bits per heavy atom. The number of benzene rings is 3. The van der Waals surface area contributed by atoms with Gasteiger partial charge >= 0.3 is 0 Å². The van der Waals surface area contributed by atoms with E-state index < -0.39 is 32.3 Å². The maximum atomic E-state index is 13.2. The van der Waals surface area contributed by atoms with Gasteiger partial charge in [0.15, 0.2) is 11.6 Å². The lowest BCUT2D eigenvalue weighted by Crippen LogP contribution is -2.25. The fourth-order valence-corrected chi connectivity index (χ4v) is 4.11. The smallest absolute Gasteiger partial charge is 0.296 e. The van der Waals surface area contributed by atoms with Crippen LogP contribution < -0.4 is 11.1 Å². The minimum absolute atomic E-state index is 0.0450. The Labute approximate surface area is 172 Å². The number of anilines is 3. The number of carbonyl (C=O) groups excluding carboxylic acids is 2. The standard InChI is InChI=1S/C22H16N2O5S/c1-2-12-7-9-13(10-8-12)24-16-11-17(30(27,28)29)20(23)19-18(16)21(25)14-5-3-4-6-15(14)22(19)26/h2-11,24H,1,23H2,(H,27,28,29). The molecule has 7 nitrogen and oxygen atoms in total. The number of nitrogens with two attached hydrogens (primary N) is 1. The predicted molar refractivity (Wildman–Crippen MR) is 114 cm³/mol. The summed E-state index contributed by atoms with van der Waals surface area (Å²) >= 11 is 0. The van der Waals surface area contributed by atoms with Gasteiger partial charge in [0.1, 0.15) is 4.90 Å². The number of carbonyl (C=O) groups is 2. The third-order valence-electron chi connectivity index (χ3n) is 4.90. The molecule has 0 radical (unpaired) electrons. The van der Waals surface area contributed by atoms with Crippen molar-refractivity contribution in [2.75, 3.05) is 11.1 Å². The highest BCUT2D eigenvalue weighted by molar-refractivity contribution is 7.86. The van der Waals surface area contributed by atoms with Crippen LogP contribution in [0.3, 0.4) is 0 Å². The molecule has 0 heterocycles. The van der Waals surface area contributed by atoms with E-state index in [1.807, 2.05) is 0 Å². The maximum Gasteiger partial charge on any atom is 0.296 e. The van der Waals surface area contributed by atoms with Crippen LogP contribution in [0.4, 0.5) is 17.1 Å². The number of rotatable bonds is 4. The second-order valence-corrected chi connectivity index (χ2v) is 8.11. The minimum Gasteiger partial charge on any atom is -0.397 e. The van der Waals surface area contributed by atoms with E-state index in [0.717, 1.165) is 11.6 Å². The fourth-order valence-electron chi connectivity index (χ4n) is 3.46. The number of nitrogen functional groups attached to an aromatic ring is 1. The van der Waals surface area contributed by atoms with Crippen LogP contribution in [0.5, 0.6) is 0 Å². The molecule has 0 bridgehead atoms. The molecule has 0 fully saturated rings. The zero-order valence-corrected chi connectivity index (χ0v) is 16.4. The molecule has 0 atom stereocenters. The largest absolute Gasteiger partial charge is 0.397 e. The molecule has 8 heteroatoms. The molecule has 1 aliphatic carbocycles. The number of hydrogen-bond acceptors (Lipinski definition) is 6. The van der Waals surface area contributed by atoms with Gasteiger partial charge in [-0.15, -0.1) is 0 Å². The van der Waals surface area contributed by atoms with Gasteiger partial charge in [0.25, 0.3) is 10.1 Å². The Morgan fingerprint density at radius 1 is 0.933 bits per heavy atom. The molecule has 0 saturated heterocycles. The van der Waals surface area contributed by atoms with Gasteiger partial charge in [-0.3, -0.25) is 14.1 Å². The minimum atomic E-state index is -4.75. The van der Waals surface area contributed by atoms with Crippen molar-refractivity contribution in [3.05, 3.63) is 89.0 Å². The lowest BCUT2D eigenvalue weighted by atomic mass is 9.82. The zero-order valence-electron chi connectivity index (χ0n) is 15.5. The number of nitrogens with one attached hydrogen (secondary N) is 1. The van der Waals surface area contributed by atoms with Crippen molar-refractivity contribution in [3.8, 4) is 0 Å². The second kappa shape index (κ2) is 6.94.